The number of aliphatic hydroxyl groups excluding tert-OH is 3. The lowest BCUT2D eigenvalue weighted by atomic mass is 9.82. The molecular formula is C43H74N2O14. The Morgan fingerprint density at radius 3 is 2.17 bits per heavy atom. The third-order valence-corrected chi connectivity index (χ3v) is 12.4. The lowest BCUT2D eigenvalue weighted by Gasteiger charge is -2.50. The summed E-state index contributed by atoms with van der Waals surface area (Å²) < 4.78 is 50.0. The van der Waals surface area contributed by atoms with Crippen LogP contribution in [0, 0.1) is 11.8 Å². The minimum atomic E-state index is -1.47. The third-order valence-electron chi connectivity index (χ3n) is 12.4. The largest absolute Gasteiger partial charge is 0.462 e. The molecule has 0 aromatic rings. The summed E-state index contributed by atoms with van der Waals surface area (Å²) in [4.78, 5) is 29.5. The zero-order chi connectivity index (χ0) is 43.8. The van der Waals surface area contributed by atoms with Crippen molar-refractivity contribution < 1.29 is 67.9 Å². The number of carbonyl (C=O) groups is 2. The molecule has 4 aliphatic heterocycles. The average Bonchev–Trinajstić information content (AvgIpc) is 3.13. The van der Waals surface area contributed by atoms with Crippen LogP contribution < -0.4 is 0 Å². The Morgan fingerprint density at radius 2 is 1.56 bits per heavy atom. The van der Waals surface area contributed by atoms with E-state index in [1.807, 2.05) is 52.2 Å². The van der Waals surface area contributed by atoms with Gasteiger partial charge in [0, 0.05) is 32.4 Å². The zero-order valence-electron chi connectivity index (χ0n) is 37.0. The van der Waals surface area contributed by atoms with Gasteiger partial charge >= 0.3 is 5.97 Å². The highest BCUT2D eigenvalue weighted by Crippen LogP contribution is 2.37. The topological polar surface area (TPSA) is 195 Å². The van der Waals surface area contributed by atoms with Crippen molar-refractivity contribution in [3.63, 3.8) is 0 Å². The first-order chi connectivity index (χ1) is 27.8. The molecule has 0 aromatic carbocycles. The molecule has 0 amide bonds. The van der Waals surface area contributed by atoms with Crippen LogP contribution in [-0.2, 0) is 47.5 Å². The molecule has 4 aliphatic rings. The number of likely N-dealkylation sites (N-methyl/N-ethyl adjacent to an activating group) is 2. The summed E-state index contributed by atoms with van der Waals surface area (Å²) in [6.45, 7) is 10.8. The number of allylic oxidation sites excluding steroid dienone is 2. The van der Waals surface area contributed by atoms with Crippen LogP contribution in [-0.4, -0.2) is 181 Å². The third kappa shape index (κ3) is 13.3. The normalized spacial score (nSPS) is 45.8. The van der Waals surface area contributed by atoms with E-state index in [2.05, 4.69) is 4.90 Å². The Labute approximate surface area is 351 Å². The molecule has 0 spiro atoms. The van der Waals surface area contributed by atoms with Crippen molar-refractivity contribution in [2.24, 2.45) is 11.8 Å². The van der Waals surface area contributed by atoms with Gasteiger partial charge in [0.15, 0.2) is 18.9 Å². The average molecular weight is 843 g/mol. The molecule has 16 heteroatoms. The lowest BCUT2D eigenvalue weighted by molar-refractivity contribution is -0.344. The number of hydrogen-bond donors (Lipinski definition) is 4. The molecule has 4 rings (SSSR count). The number of nitrogens with zero attached hydrogens (tertiary/aromatic N) is 2. The first kappa shape index (κ1) is 49.8. The highest BCUT2D eigenvalue weighted by atomic mass is 16.7. The number of aliphatic hydroxyl groups is 4. The maximum atomic E-state index is 13.1. The number of methoxy groups -OCH3 is 1. The second-order valence-electron chi connectivity index (χ2n) is 17.8. The van der Waals surface area contributed by atoms with Crippen molar-refractivity contribution in [3.8, 4) is 0 Å². The van der Waals surface area contributed by atoms with Gasteiger partial charge in [-0.05, 0) is 93.9 Å². The molecule has 19 atom stereocenters. The highest BCUT2D eigenvalue weighted by Gasteiger charge is 2.52. The molecule has 3 fully saturated rings. The quantitative estimate of drug-likeness (QED) is 0.175. The van der Waals surface area contributed by atoms with Crippen LogP contribution >= 0.6 is 0 Å². The van der Waals surface area contributed by atoms with Crippen LogP contribution in [0.3, 0.4) is 0 Å². The lowest BCUT2D eigenvalue weighted by Crippen LogP contribution is -2.65. The number of aldehydes is 1. The fourth-order valence-electron chi connectivity index (χ4n) is 9.10. The molecule has 16 nitrogen and oxygen atoms in total. The second-order valence-corrected chi connectivity index (χ2v) is 17.8. The molecule has 0 unspecified atom stereocenters. The summed E-state index contributed by atoms with van der Waals surface area (Å²) in [6.07, 6.45) is -1.56. The number of hydrogen-bond acceptors (Lipinski definition) is 16. The molecule has 0 bridgehead atoms. The van der Waals surface area contributed by atoms with E-state index in [4.69, 9.17) is 37.9 Å². The van der Waals surface area contributed by atoms with Gasteiger partial charge in [-0.15, -0.1) is 0 Å². The molecule has 4 N–H and O–H groups in total. The van der Waals surface area contributed by atoms with E-state index in [1.54, 1.807) is 39.8 Å². The van der Waals surface area contributed by atoms with E-state index in [0.29, 0.717) is 19.3 Å². The van der Waals surface area contributed by atoms with Crippen molar-refractivity contribution in [1.29, 1.82) is 0 Å². The highest BCUT2D eigenvalue weighted by molar-refractivity contribution is 5.70. The van der Waals surface area contributed by atoms with Gasteiger partial charge in [0.2, 0.25) is 0 Å². The summed E-state index contributed by atoms with van der Waals surface area (Å²) >= 11 is 0. The Hall–Kier alpha value is -1.90. The van der Waals surface area contributed by atoms with Gasteiger partial charge in [0.1, 0.15) is 36.8 Å². The van der Waals surface area contributed by atoms with Gasteiger partial charge < -0.3 is 72.9 Å². The second kappa shape index (κ2) is 22.5. The van der Waals surface area contributed by atoms with Crippen molar-refractivity contribution in [2.45, 2.75) is 190 Å². The van der Waals surface area contributed by atoms with Crippen molar-refractivity contribution in [3.05, 3.63) is 24.3 Å². The predicted molar refractivity (Wildman–Crippen MR) is 217 cm³/mol. The van der Waals surface area contributed by atoms with Gasteiger partial charge in [-0.3, -0.25) is 4.79 Å². The molecule has 59 heavy (non-hydrogen) atoms. The van der Waals surface area contributed by atoms with Gasteiger partial charge in [-0.2, -0.15) is 0 Å². The van der Waals surface area contributed by atoms with E-state index in [1.165, 1.54) is 14.0 Å². The molecule has 0 radical (unpaired) electrons. The molecule has 4 heterocycles. The van der Waals surface area contributed by atoms with Crippen LogP contribution in [0.5, 0.6) is 0 Å². The summed E-state index contributed by atoms with van der Waals surface area (Å²) in [5, 5.41) is 45.1. The summed E-state index contributed by atoms with van der Waals surface area (Å²) in [7, 11) is 9.03. The maximum Gasteiger partial charge on any atom is 0.308 e. The van der Waals surface area contributed by atoms with Crippen LogP contribution in [0.1, 0.15) is 86.5 Å². The van der Waals surface area contributed by atoms with Crippen LogP contribution in [0.2, 0.25) is 0 Å². The summed E-state index contributed by atoms with van der Waals surface area (Å²) in [6, 6.07) is -0.466. The van der Waals surface area contributed by atoms with Gasteiger partial charge in [-0.25, -0.2) is 0 Å². The van der Waals surface area contributed by atoms with Crippen LogP contribution in [0.15, 0.2) is 24.3 Å². The minimum Gasteiger partial charge on any atom is -0.462 e. The summed E-state index contributed by atoms with van der Waals surface area (Å²) in [5.41, 5.74) is -1.47. The first-order valence-corrected chi connectivity index (χ1v) is 21.3. The number of esters is 1. The Kier molecular flexibility index (Phi) is 18.9. The Morgan fingerprint density at radius 1 is 0.864 bits per heavy atom. The van der Waals surface area contributed by atoms with E-state index in [-0.39, 0.29) is 30.9 Å². The molecule has 0 aliphatic carbocycles. The molecule has 0 aromatic heterocycles. The minimum absolute atomic E-state index is 0.00885. The van der Waals surface area contributed by atoms with E-state index < -0.39 is 110 Å². The predicted octanol–water partition coefficient (Wildman–Crippen LogP) is 2.33. The van der Waals surface area contributed by atoms with Crippen molar-refractivity contribution in [1.82, 2.24) is 9.80 Å². The number of carbonyl (C=O) groups excluding carboxylic acids is 2. The molecule has 340 valence electrons. The van der Waals surface area contributed by atoms with Gasteiger partial charge in [-0.1, -0.05) is 31.2 Å². The van der Waals surface area contributed by atoms with E-state index in [0.717, 1.165) is 12.7 Å². The Balaban J connectivity index is 1.66. The monoisotopic (exact) mass is 843 g/mol. The van der Waals surface area contributed by atoms with Gasteiger partial charge in [0.05, 0.1) is 54.7 Å². The number of rotatable bonds is 11. The van der Waals surface area contributed by atoms with Crippen molar-refractivity contribution in [2.75, 3.05) is 35.3 Å². The van der Waals surface area contributed by atoms with E-state index >= 15 is 0 Å². The number of ether oxygens (including phenoxy) is 8. The van der Waals surface area contributed by atoms with Gasteiger partial charge in [0.25, 0.3) is 0 Å². The zero-order valence-corrected chi connectivity index (χ0v) is 37.0. The van der Waals surface area contributed by atoms with E-state index in [9.17, 15) is 30.0 Å². The molecule has 0 saturated carbocycles. The smallest absolute Gasteiger partial charge is 0.308 e. The standard InChI is InChI=1S/C43H74N2O14/c1-24-21-29(19-20-46)39(59-42-37(49)36(45(9)10)38(27(4)56-42)58-35-23-43(6,51)41(50)28(5)55-35)40(52-11)31(47)22-33(48)53-25(2)15-13-12-14-16-32(24)57-34-18-17-30(44(7)8)26(3)54-34/h12-14,16,20,24-32,34-42,47,49-51H,15,17-19,21-23H2,1-11H3/b13-12-,16-14+/t24-,25-,26+,27-,28+,29+,30+,31-,32+,34-,35-,36-,37+,38+,39+,40-,41-,42+,43+/m1/s1. The van der Waals surface area contributed by atoms with Crippen molar-refractivity contribution >= 4 is 12.3 Å². The van der Waals surface area contributed by atoms with Crippen LogP contribution in [0.25, 0.3) is 0 Å². The number of cyclic esters (lactones) is 1. The fraction of sp³-hybridized carbons (Fsp3) is 0.860. The first-order valence-electron chi connectivity index (χ1n) is 21.3. The maximum absolute atomic E-state index is 13.1. The molecule has 3 saturated heterocycles. The summed E-state index contributed by atoms with van der Waals surface area (Å²) in [5.74, 6) is -1.47. The SMILES string of the molecule is CO[C@H]1[C@@H](O[C@@H]2O[C@H](C)[C@H](O[C@@H]3C[C@](C)(O)[C@H](O)[C@H](C)O3)[C@H](N(C)C)[C@@H]2O)[C@@H](CC=O)C[C@@H](C)[C@@H](O[C@@H]2CC[C@H](N(C)C)[C@H](C)O2)/C=C/C=C\C[C@@H](C)OC(=O)C[C@H]1O. The molecular weight excluding hydrogens is 768 g/mol. The fourth-order valence-corrected chi connectivity index (χ4v) is 9.10. The Bertz CT molecular complexity index is 1370. The van der Waals surface area contributed by atoms with Crippen LogP contribution in [0.4, 0.5) is 0 Å².